The minimum absolute atomic E-state index is 0.00221. The summed E-state index contributed by atoms with van der Waals surface area (Å²) in [5.74, 6) is 0.953. The Morgan fingerprint density at radius 2 is 2.00 bits per heavy atom. The van der Waals surface area contributed by atoms with Gasteiger partial charge in [0, 0.05) is 0 Å². The molecule has 0 radical (unpaired) electrons. The second kappa shape index (κ2) is 7.33. The largest absolute Gasteiger partial charge is 0.493 e. The molecular weight excluding hydrogens is 276 g/mol. The average molecular weight is 298 g/mol. The van der Waals surface area contributed by atoms with Gasteiger partial charge in [0.05, 0.1) is 12.9 Å². The first kappa shape index (κ1) is 16.6. The number of rotatable bonds is 8. The van der Waals surface area contributed by atoms with Gasteiger partial charge in [-0.1, -0.05) is 26.0 Å². The number of ether oxygens (including phenoxy) is 1. The molecule has 1 rings (SSSR count). The summed E-state index contributed by atoms with van der Waals surface area (Å²) in [4.78, 5) is 0. The molecule has 5 heteroatoms. The van der Waals surface area contributed by atoms with Crippen LogP contribution in [0.15, 0.2) is 30.9 Å². The van der Waals surface area contributed by atoms with Crippen LogP contribution in [-0.4, -0.2) is 21.3 Å². The van der Waals surface area contributed by atoms with Crippen molar-refractivity contribution in [3.05, 3.63) is 36.4 Å². The smallest absolute Gasteiger partial charge is 0.309 e. The van der Waals surface area contributed by atoms with Crippen LogP contribution in [0, 0.1) is 5.92 Å². The van der Waals surface area contributed by atoms with E-state index < -0.39 is 10.1 Å². The second-order valence-electron chi connectivity index (χ2n) is 5.01. The topological polar surface area (TPSA) is 52.6 Å². The minimum Gasteiger partial charge on any atom is -0.493 e. The van der Waals surface area contributed by atoms with E-state index >= 15 is 0 Å². The van der Waals surface area contributed by atoms with Crippen LogP contribution in [-0.2, 0) is 16.5 Å². The van der Waals surface area contributed by atoms with E-state index in [9.17, 15) is 8.42 Å². The molecule has 4 nitrogen and oxygen atoms in total. The predicted molar refractivity (Wildman–Crippen MR) is 80.8 cm³/mol. The third-order valence-corrected chi connectivity index (χ3v) is 3.94. The fraction of sp³-hybridized carbons (Fsp3) is 0.467. The summed E-state index contributed by atoms with van der Waals surface area (Å²) in [6, 6.07) is 5.18. The molecule has 1 aromatic rings. The van der Waals surface area contributed by atoms with Gasteiger partial charge in [0.25, 0.3) is 0 Å². The highest BCUT2D eigenvalue weighted by Crippen LogP contribution is 2.29. The van der Waals surface area contributed by atoms with E-state index in [1.165, 1.54) is 7.11 Å². The summed E-state index contributed by atoms with van der Waals surface area (Å²) in [7, 11) is -2.10. The first-order valence-electron chi connectivity index (χ1n) is 6.58. The lowest BCUT2D eigenvalue weighted by atomic mass is 10.1. The van der Waals surface area contributed by atoms with Crippen LogP contribution < -0.4 is 8.92 Å². The van der Waals surface area contributed by atoms with Crippen LogP contribution in [0.3, 0.4) is 0 Å². The molecule has 0 N–H and O–H groups in total. The van der Waals surface area contributed by atoms with Gasteiger partial charge in [-0.05, 0) is 36.5 Å². The van der Waals surface area contributed by atoms with Crippen molar-refractivity contribution >= 4 is 10.1 Å². The van der Waals surface area contributed by atoms with Gasteiger partial charge >= 0.3 is 10.1 Å². The van der Waals surface area contributed by atoms with E-state index in [2.05, 4.69) is 6.58 Å². The molecule has 0 heterocycles. The summed E-state index contributed by atoms with van der Waals surface area (Å²) in [5.41, 5.74) is 0.990. The van der Waals surface area contributed by atoms with Crippen LogP contribution in [0.1, 0.15) is 25.8 Å². The number of hydrogen-bond donors (Lipinski definition) is 0. The quantitative estimate of drug-likeness (QED) is 0.546. The van der Waals surface area contributed by atoms with E-state index in [0.717, 1.165) is 5.56 Å². The molecule has 20 heavy (non-hydrogen) atoms. The molecule has 0 bridgehead atoms. The molecule has 0 aliphatic rings. The Morgan fingerprint density at radius 3 is 2.55 bits per heavy atom. The van der Waals surface area contributed by atoms with Crippen molar-refractivity contribution < 1.29 is 17.3 Å². The number of benzene rings is 1. The highest BCUT2D eigenvalue weighted by molar-refractivity contribution is 7.87. The van der Waals surface area contributed by atoms with Crippen LogP contribution in [0.25, 0.3) is 0 Å². The Labute approximate surface area is 121 Å². The van der Waals surface area contributed by atoms with E-state index in [1.54, 1.807) is 24.3 Å². The summed E-state index contributed by atoms with van der Waals surface area (Å²) >= 11 is 0. The van der Waals surface area contributed by atoms with Crippen molar-refractivity contribution in [3.8, 4) is 11.5 Å². The van der Waals surface area contributed by atoms with Gasteiger partial charge in [0.2, 0.25) is 0 Å². The zero-order valence-electron chi connectivity index (χ0n) is 12.3. The fourth-order valence-corrected chi connectivity index (χ4v) is 2.89. The Morgan fingerprint density at radius 1 is 1.30 bits per heavy atom. The monoisotopic (exact) mass is 298 g/mol. The highest BCUT2D eigenvalue weighted by Gasteiger charge is 2.16. The van der Waals surface area contributed by atoms with E-state index in [-0.39, 0.29) is 11.5 Å². The van der Waals surface area contributed by atoms with Crippen molar-refractivity contribution in [2.75, 3.05) is 12.9 Å². The molecular formula is C15H22O4S. The first-order valence-corrected chi connectivity index (χ1v) is 8.15. The Hall–Kier alpha value is -1.49. The second-order valence-corrected chi connectivity index (χ2v) is 6.70. The van der Waals surface area contributed by atoms with Crippen LogP contribution in [0.2, 0.25) is 0 Å². The minimum atomic E-state index is -3.59. The number of allylic oxidation sites excluding steroid dienone is 1. The van der Waals surface area contributed by atoms with Crippen LogP contribution >= 0.6 is 0 Å². The van der Waals surface area contributed by atoms with E-state index in [0.29, 0.717) is 24.5 Å². The first-order chi connectivity index (χ1) is 9.38. The molecule has 0 atom stereocenters. The van der Waals surface area contributed by atoms with Crippen LogP contribution in [0.4, 0.5) is 0 Å². The van der Waals surface area contributed by atoms with Gasteiger partial charge < -0.3 is 8.92 Å². The summed E-state index contributed by atoms with van der Waals surface area (Å²) in [6.45, 7) is 7.61. The maximum absolute atomic E-state index is 11.9. The SMILES string of the molecule is C=CCc1ccc(OS(=O)(=O)CCC(C)C)c(OC)c1. The molecule has 0 saturated carbocycles. The van der Waals surface area contributed by atoms with Gasteiger partial charge in [-0.15, -0.1) is 6.58 Å². The Bertz CT molecular complexity index is 547. The highest BCUT2D eigenvalue weighted by atomic mass is 32.2. The third kappa shape index (κ3) is 5.25. The lowest BCUT2D eigenvalue weighted by Gasteiger charge is -2.12. The normalized spacial score (nSPS) is 11.4. The maximum atomic E-state index is 11.9. The zero-order valence-corrected chi connectivity index (χ0v) is 13.1. The molecule has 0 amide bonds. The molecule has 0 unspecified atom stereocenters. The lowest BCUT2D eigenvalue weighted by molar-refractivity contribution is 0.389. The van der Waals surface area contributed by atoms with E-state index in [4.69, 9.17) is 8.92 Å². The zero-order chi connectivity index (χ0) is 15.2. The summed E-state index contributed by atoms with van der Waals surface area (Å²) in [5, 5.41) is 0. The Kier molecular flexibility index (Phi) is 6.07. The summed E-state index contributed by atoms with van der Waals surface area (Å²) < 4.78 is 34.1. The van der Waals surface area contributed by atoms with Crippen molar-refractivity contribution in [2.24, 2.45) is 5.92 Å². The molecule has 0 aliphatic heterocycles. The lowest BCUT2D eigenvalue weighted by Crippen LogP contribution is -2.15. The summed E-state index contributed by atoms with van der Waals surface area (Å²) in [6.07, 6.45) is 3.03. The van der Waals surface area contributed by atoms with Gasteiger partial charge in [-0.25, -0.2) is 0 Å². The predicted octanol–water partition coefficient (Wildman–Crippen LogP) is 3.18. The number of methoxy groups -OCH3 is 1. The molecule has 112 valence electrons. The Balaban J connectivity index is 2.88. The van der Waals surface area contributed by atoms with Crippen molar-refractivity contribution in [1.29, 1.82) is 0 Å². The van der Waals surface area contributed by atoms with Crippen molar-refractivity contribution in [1.82, 2.24) is 0 Å². The molecule has 0 aromatic heterocycles. The number of hydrogen-bond acceptors (Lipinski definition) is 4. The van der Waals surface area contributed by atoms with Crippen LogP contribution in [0.5, 0.6) is 11.5 Å². The molecule has 0 fully saturated rings. The molecule has 0 aliphatic carbocycles. The third-order valence-electron chi connectivity index (χ3n) is 2.77. The van der Waals surface area contributed by atoms with Crippen molar-refractivity contribution in [3.63, 3.8) is 0 Å². The maximum Gasteiger partial charge on any atom is 0.309 e. The molecule has 0 saturated heterocycles. The van der Waals surface area contributed by atoms with Crippen molar-refractivity contribution in [2.45, 2.75) is 26.7 Å². The molecule has 1 aromatic carbocycles. The van der Waals surface area contributed by atoms with Gasteiger partial charge in [-0.3, -0.25) is 0 Å². The molecule has 0 spiro atoms. The van der Waals surface area contributed by atoms with Gasteiger partial charge in [0.1, 0.15) is 0 Å². The standard InChI is InChI=1S/C15H22O4S/c1-5-6-13-7-8-14(15(11-13)18-4)19-20(16,17)10-9-12(2)3/h5,7-8,11-12H,1,6,9-10H2,2-4H3. The average Bonchev–Trinajstić information content (AvgIpc) is 2.38. The van der Waals surface area contributed by atoms with Gasteiger partial charge in [0.15, 0.2) is 11.5 Å². The fourth-order valence-electron chi connectivity index (χ4n) is 1.63. The van der Waals surface area contributed by atoms with E-state index in [1.807, 2.05) is 13.8 Å². The van der Waals surface area contributed by atoms with Gasteiger partial charge in [-0.2, -0.15) is 8.42 Å².